The summed E-state index contributed by atoms with van der Waals surface area (Å²) >= 11 is 1.65. The van der Waals surface area contributed by atoms with Gasteiger partial charge in [0.15, 0.2) is 0 Å². The minimum absolute atomic E-state index is 0.0292. The topological polar surface area (TPSA) is 75.3 Å². The Kier molecular flexibility index (Phi) is 9.53. The lowest BCUT2D eigenvalue weighted by Gasteiger charge is -2.10. The maximum absolute atomic E-state index is 11.9. The van der Waals surface area contributed by atoms with E-state index in [1.54, 1.807) is 37.7 Å². The van der Waals surface area contributed by atoms with Crippen LogP contribution in [0.1, 0.15) is 45.2 Å². The van der Waals surface area contributed by atoms with Crippen LogP contribution < -0.4 is 10.0 Å². The van der Waals surface area contributed by atoms with Crippen LogP contribution >= 0.6 is 11.8 Å². The van der Waals surface area contributed by atoms with Gasteiger partial charge in [0.1, 0.15) is 0 Å². The van der Waals surface area contributed by atoms with Crippen molar-refractivity contribution in [2.45, 2.75) is 52.5 Å². The third-order valence-corrected chi connectivity index (χ3v) is 5.89. The van der Waals surface area contributed by atoms with Crippen LogP contribution in [0.15, 0.2) is 24.3 Å². The van der Waals surface area contributed by atoms with E-state index in [0.29, 0.717) is 18.2 Å². The Bertz CT molecular complexity index is 626. The van der Waals surface area contributed by atoms with E-state index in [1.807, 2.05) is 12.1 Å². The van der Waals surface area contributed by atoms with E-state index in [1.165, 1.54) is 0 Å². The van der Waals surface area contributed by atoms with Gasteiger partial charge in [-0.05, 0) is 43.1 Å². The molecular formula is C18H30N2O3S2. The normalized spacial score (nSPS) is 11.9. The highest BCUT2D eigenvalue weighted by Gasteiger charge is 2.12. The highest BCUT2D eigenvalue weighted by molar-refractivity contribution is 7.99. The van der Waals surface area contributed by atoms with Gasteiger partial charge in [0.25, 0.3) is 0 Å². The van der Waals surface area contributed by atoms with Crippen molar-refractivity contribution in [3.8, 4) is 0 Å². The van der Waals surface area contributed by atoms with Crippen molar-refractivity contribution >= 4 is 27.7 Å². The van der Waals surface area contributed by atoms with Gasteiger partial charge >= 0.3 is 0 Å². The van der Waals surface area contributed by atoms with Gasteiger partial charge in [0, 0.05) is 12.6 Å². The molecule has 5 nitrogen and oxygen atoms in total. The molecule has 0 aliphatic carbocycles. The summed E-state index contributed by atoms with van der Waals surface area (Å²) in [5.41, 5.74) is 1.69. The number of thioether (sulfide) groups is 1. The van der Waals surface area contributed by atoms with Gasteiger partial charge in [-0.15, -0.1) is 0 Å². The van der Waals surface area contributed by atoms with E-state index < -0.39 is 10.0 Å². The van der Waals surface area contributed by atoms with E-state index in [0.717, 1.165) is 23.3 Å². The molecule has 0 spiro atoms. The molecule has 0 aliphatic heterocycles. The highest BCUT2D eigenvalue weighted by atomic mass is 32.2. The fourth-order valence-electron chi connectivity index (χ4n) is 2.11. The van der Waals surface area contributed by atoms with Crippen LogP contribution in [0.25, 0.3) is 0 Å². The Morgan fingerprint density at radius 1 is 1.08 bits per heavy atom. The van der Waals surface area contributed by atoms with Gasteiger partial charge in [0.2, 0.25) is 15.9 Å². The van der Waals surface area contributed by atoms with Crippen LogP contribution in [-0.4, -0.2) is 31.9 Å². The van der Waals surface area contributed by atoms with Gasteiger partial charge in [-0.25, -0.2) is 13.1 Å². The van der Waals surface area contributed by atoms with Crippen LogP contribution in [0, 0.1) is 5.92 Å². The fraction of sp³-hybridized carbons (Fsp3) is 0.611. The summed E-state index contributed by atoms with van der Waals surface area (Å²) in [4.78, 5) is 11.8. The van der Waals surface area contributed by atoms with Crippen LogP contribution in [-0.2, 0) is 27.1 Å². The molecule has 0 aliphatic rings. The number of hydrogen-bond donors (Lipinski definition) is 2. The Morgan fingerprint density at radius 3 is 2.24 bits per heavy atom. The lowest BCUT2D eigenvalue weighted by molar-refractivity contribution is -0.118. The second-order valence-corrected chi connectivity index (χ2v) is 9.72. The van der Waals surface area contributed by atoms with Crippen molar-refractivity contribution in [3.05, 3.63) is 35.4 Å². The second-order valence-electron chi connectivity index (χ2n) is 6.86. The van der Waals surface area contributed by atoms with Crippen LogP contribution in [0.2, 0.25) is 0 Å². The molecule has 142 valence electrons. The first-order chi connectivity index (χ1) is 11.7. The fourth-order valence-corrected chi connectivity index (χ4v) is 4.61. The molecular weight excluding hydrogens is 356 g/mol. The lowest BCUT2D eigenvalue weighted by atomic mass is 10.1. The van der Waals surface area contributed by atoms with Crippen molar-refractivity contribution in [2.75, 3.05) is 11.5 Å². The first-order valence-corrected chi connectivity index (χ1v) is 11.4. The Labute approximate surface area is 156 Å². The first kappa shape index (κ1) is 22.0. The summed E-state index contributed by atoms with van der Waals surface area (Å²) in [6.45, 7) is 8.40. The molecule has 1 amide bonds. The molecule has 0 unspecified atom stereocenters. The summed E-state index contributed by atoms with van der Waals surface area (Å²) in [6, 6.07) is 7.17. The summed E-state index contributed by atoms with van der Waals surface area (Å²) < 4.78 is 26.4. The number of carbonyl (C=O) groups is 1. The molecule has 1 rings (SSSR count). The lowest BCUT2D eigenvalue weighted by Crippen LogP contribution is -2.31. The largest absolute Gasteiger partial charge is 0.351 e. The number of sulfonamides is 1. The summed E-state index contributed by atoms with van der Waals surface area (Å²) in [6.07, 6.45) is 1.12. The van der Waals surface area contributed by atoms with Gasteiger partial charge in [-0.2, -0.15) is 11.8 Å². The van der Waals surface area contributed by atoms with E-state index in [-0.39, 0.29) is 17.7 Å². The maximum Gasteiger partial charge on any atom is 0.230 e. The monoisotopic (exact) mass is 386 g/mol. The van der Waals surface area contributed by atoms with E-state index >= 15 is 0 Å². The standard InChI is InChI=1S/C18H30N2O3S2/c1-14(2)9-10-24-12-18(21)19-11-16-5-7-17(8-6-16)13-25(22,23)20-15(3)4/h5-8,14-15,20H,9-13H2,1-4H3,(H,19,21). The molecule has 0 saturated carbocycles. The number of benzene rings is 1. The number of carbonyl (C=O) groups excluding carboxylic acids is 1. The van der Waals surface area contributed by atoms with Crippen LogP contribution in [0.3, 0.4) is 0 Å². The summed E-state index contributed by atoms with van der Waals surface area (Å²) in [5, 5.41) is 2.89. The molecule has 0 radical (unpaired) electrons. The predicted molar refractivity (Wildman–Crippen MR) is 106 cm³/mol. The van der Waals surface area contributed by atoms with Crippen molar-refractivity contribution in [1.82, 2.24) is 10.0 Å². The first-order valence-electron chi connectivity index (χ1n) is 8.60. The van der Waals surface area contributed by atoms with Gasteiger partial charge in [-0.1, -0.05) is 38.1 Å². The quantitative estimate of drug-likeness (QED) is 0.574. The molecule has 25 heavy (non-hydrogen) atoms. The molecule has 1 aromatic carbocycles. The predicted octanol–water partition coefficient (Wildman–Crippen LogP) is 2.91. The van der Waals surface area contributed by atoms with Gasteiger partial charge < -0.3 is 5.32 Å². The number of rotatable bonds is 11. The van der Waals surface area contributed by atoms with Crippen LogP contribution in [0.5, 0.6) is 0 Å². The minimum atomic E-state index is -3.31. The third-order valence-electron chi connectivity index (χ3n) is 3.36. The number of nitrogens with one attached hydrogen (secondary N) is 2. The molecule has 0 atom stereocenters. The van der Waals surface area contributed by atoms with Crippen molar-refractivity contribution in [2.24, 2.45) is 5.92 Å². The number of amides is 1. The van der Waals surface area contributed by atoms with E-state index in [4.69, 9.17) is 0 Å². The number of hydrogen-bond acceptors (Lipinski definition) is 4. The van der Waals surface area contributed by atoms with E-state index in [2.05, 4.69) is 23.9 Å². The third kappa shape index (κ3) is 10.5. The SMILES string of the molecule is CC(C)CCSCC(=O)NCc1ccc(CS(=O)(=O)NC(C)C)cc1. The van der Waals surface area contributed by atoms with Crippen molar-refractivity contribution in [3.63, 3.8) is 0 Å². The second kappa shape index (κ2) is 10.8. The minimum Gasteiger partial charge on any atom is -0.351 e. The molecule has 0 heterocycles. The Balaban J connectivity index is 2.38. The van der Waals surface area contributed by atoms with Gasteiger partial charge in [0.05, 0.1) is 11.5 Å². The molecule has 0 saturated heterocycles. The van der Waals surface area contributed by atoms with Crippen molar-refractivity contribution in [1.29, 1.82) is 0 Å². The zero-order valence-electron chi connectivity index (χ0n) is 15.5. The highest BCUT2D eigenvalue weighted by Crippen LogP contribution is 2.10. The maximum atomic E-state index is 11.9. The molecule has 7 heteroatoms. The molecule has 0 fully saturated rings. The zero-order chi connectivity index (χ0) is 18.9. The van der Waals surface area contributed by atoms with E-state index in [9.17, 15) is 13.2 Å². The molecule has 2 N–H and O–H groups in total. The molecule has 0 bridgehead atoms. The summed E-state index contributed by atoms with van der Waals surface area (Å²) in [7, 11) is -3.31. The average Bonchev–Trinajstić information content (AvgIpc) is 2.49. The average molecular weight is 387 g/mol. The summed E-state index contributed by atoms with van der Waals surface area (Å²) in [5.74, 6) is 2.13. The molecule has 0 aromatic heterocycles. The Hall–Kier alpha value is -1.05. The van der Waals surface area contributed by atoms with Gasteiger partial charge in [-0.3, -0.25) is 4.79 Å². The van der Waals surface area contributed by atoms with Crippen LogP contribution in [0.4, 0.5) is 0 Å². The Morgan fingerprint density at radius 2 is 1.68 bits per heavy atom. The zero-order valence-corrected chi connectivity index (χ0v) is 17.2. The molecule has 1 aromatic rings. The van der Waals surface area contributed by atoms with Crippen molar-refractivity contribution < 1.29 is 13.2 Å². The smallest absolute Gasteiger partial charge is 0.230 e.